The first-order valence-electron chi connectivity index (χ1n) is 7.06. The lowest BCUT2D eigenvalue weighted by Crippen LogP contribution is -2.50. The van der Waals surface area contributed by atoms with Crippen molar-refractivity contribution in [2.45, 2.75) is 52.1 Å². The van der Waals surface area contributed by atoms with Crippen LogP contribution in [-0.4, -0.2) is 35.1 Å². The van der Waals surface area contributed by atoms with E-state index < -0.39 is 0 Å². The molecule has 1 aromatic rings. The number of hydrogen-bond acceptors (Lipinski definition) is 4. The molecule has 1 N–H and O–H groups in total. The van der Waals surface area contributed by atoms with E-state index in [9.17, 15) is 0 Å². The fourth-order valence-electron chi connectivity index (χ4n) is 2.78. The van der Waals surface area contributed by atoms with Gasteiger partial charge in [0.15, 0.2) is 0 Å². The summed E-state index contributed by atoms with van der Waals surface area (Å²) in [5.74, 6) is 0. The maximum Gasteiger partial charge on any atom is 0.0897 e. The van der Waals surface area contributed by atoms with Crippen molar-refractivity contribution < 1.29 is 0 Å². The van der Waals surface area contributed by atoms with Gasteiger partial charge in [-0.2, -0.15) is 0 Å². The summed E-state index contributed by atoms with van der Waals surface area (Å²) in [6, 6.07) is 0. The molecule has 102 valence electrons. The summed E-state index contributed by atoms with van der Waals surface area (Å²) >= 11 is 1.83. The molecule has 0 aliphatic carbocycles. The van der Waals surface area contributed by atoms with Gasteiger partial charge in [0, 0.05) is 29.7 Å². The first-order chi connectivity index (χ1) is 8.67. The summed E-state index contributed by atoms with van der Waals surface area (Å²) < 4.78 is 0. The SMILES string of the molecule is CCC1(CC)CN(Cc2cnc(C)s2)CCCN1. The molecule has 0 spiro atoms. The Hall–Kier alpha value is -0.450. The molecule has 0 atom stereocenters. The van der Waals surface area contributed by atoms with E-state index in [1.807, 2.05) is 17.5 Å². The molecule has 1 saturated heterocycles. The molecule has 0 radical (unpaired) electrons. The summed E-state index contributed by atoms with van der Waals surface area (Å²) in [7, 11) is 0. The van der Waals surface area contributed by atoms with Crippen LogP contribution in [0.1, 0.15) is 43.0 Å². The Kier molecular flexibility index (Phi) is 4.76. The zero-order chi connectivity index (χ0) is 13.0. The van der Waals surface area contributed by atoms with Crippen molar-refractivity contribution in [2.75, 3.05) is 19.6 Å². The number of nitrogens with zero attached hydrogens (tertiary/aromatic N) is 2. The van der Waals surface area contributed by atoms with Crippen molar-refractivity contribution in [3.63, 3.8) is 0 Å². The second-order valence-corrected chi connectivity index (χ2v) is 6.64. The van der Waals surface area contributed by atoms with Crippen LogP contribution in [0.3, 0.4) is 0 Å². The van der Waals surface area contributed by atoms with Gasteiger partial charge in [-0.05, 0) is 39.3 Å². The van der Waals surface area contributed by atoms with Gasteiger partial charge in [0.1, 0.15) is 0 Å². The van der Waals surface area contributed by atoms with Gasteiger partial charge in [0.2, 0.25) is 0 Å². The quantitative estimate of drug-likeness (QED) is 0.909. The van der Waals surface area contributed by atoms with Gasteiger partial charge >= 0.3 is 0 Å². The molecule has 2 heterocycles. The Labute approximate surface area is 115 Å². The van der Waals surface area contributed by atoms with E-state index in [1.54, 1.807) is 0 Å². The highest BCUT2D eigenvalue weighted by molar-refractivity contribution is 7.11. The van der Waals surface area contributed by atoms with Crippen LogP contribution in [0.4, 0.5) is 0 Å². The zero-order valence-electron chi connectivity index (χ0n) is 11.8. The monoisotopic (exact) mass is 267 g/mol. The van der Waals surface area contributed by atoms with Gasteiger partial charge in [-0.1, -0.05) is 13.8 Å². The largest absolute Gasteiger partial charge is 0.310 e. The van der Waals surface area contributed by atoms with E-state index in [1.165, 1.54) is 35.7 Å². The number of hydrogen-bond donors (Lipinski definition) is 1. The molecule has 4 heteroatoms. The Morgan fingerprint density at radius 1 is 1.44 bits per heavy atom. The maximum atomic E-state index is 4.36. The topological polar surface area (TPSA) is 28.2 Å². The first-order valence-corrected chi connectivity index (χ1v) is 7.88. The molecule has 1 aliphatic heterocycles. The Balaban J connectivity index is 2.03. The third kappa shape index (κ3) is 3.31. The highest BCUT2D eigenvalue weighted by Gasteiger charge is 2.30. The molecular formula is C14H25N3S. The molecule has 0 unspecified atom stereocenters. The standard InChI is InChI=1S/C14H25N3S/c1-4-14(5-2)11-17(8-6-7-16-14)10-13-9-15-12(3)18-13/h9,16H,4-8,10-11H2,1-3H3. The van der Waals surface area contributed by atoms with Crippen LogP contribution in [0.15, 0.2) is 6.20 Å². The molecule has 3 nitrogen and oxygen atoms in total. The summed E-state index contributed by atoms with van der Waals surface area (Å²) in [5, 5.41) is 4.94. The van der Waals surface area contributed by atoms with Gasteiger partial charge in [-0.15, -0.1) is 11.3 Å². The van der Waals surface area contributed by atoms with Crippen LogP contribution < -0.4 is 5.32 Å². The number of rotatable bonds is 4. The Morgan fingerprint density at radius 3 is 2.83 bits per heavy atom. The van der Waals surface area contributed by atoms with Gasteiger partial charge in [0.25, 0.3) is 0 Å². The molecular weight excluding hydrogens is 242 g/mol. The molecule has 1 aliphatic rings. The molecule has 18 heavy (non-hydrogen) atoms. The van der Waals surface area contributed by atoms with Crippen molar-refractivity contribution in [3.8, 4) is 0 Å². The van der Waals surface area contributed by atoms with Crippen LogP contribution in [0.25, 0.3) is 0 Å². The van der Waals surface area contributed by atoms with Crippen molar-refractivity contribution in [1.82, 2.24) is 15.2 Å². The number of thiazole rings is 1. The summed E-state index contributed by atoms with van der Waals surface area (Å²) in [6.45, 7) is 11.3. The fourth-order valence-corrected chi connectivity index (χ4v) is 3.61. The third-order valence-corrected chi connectivity index (χ3v) is 4.98. The second kappa shape index (κ2) is 6.13. The average Bonchev–Trinajstić information content (AvgIpc) is 2.66. The molecule has 2 rings (SSSR count). The summed E-state index contributed by atoms with van der Waals surface area (Å²) in [6.07, 6.45) is 5.71. The molecule has 0 saturated carbocycles. The third-order valence-electron chi connectivity index (χ3n) is 4.08. The normalized spacial score (nSPS) is 20.8. The van der Waals surface area contributed by atoms with E-state index in [0.29, 0.717) is 5.54 Å². The Morgan fingerprint density at radius 2 is 2.22 bits per heavy atom. The summed E-state index contributed by atoms with van der Waals surface area (Å²) in [5.41, 5.74) is 0.316. The van der Waals surface area contributed by atoms with E-state index >= 15 is 0 Å². The maximum absolute atomic E-state index is 4.36. The van der Waals surface area contributed by atoms with Gasteiger partial charge in [-0.25, -0.2) is 4.98 Å². The number of aromatic nitrogens is 1. The van der Waals surface area contributed by atoms with Crippen LogP contribution in [0.5, 0.6) is 0 Å². The van der Waals surface area contributed by atoms with Gasteiger partial charge in [0.05, 0.1) is 5.01 Å². The molecule has 0 bridgehead atoms. The van der Waals surface area contributed by atoms with Crippen molar-refractivity contribution in [1.29, 1.82) is 0 Å². The lowest BCUT2D eigenvalue weighted by molar-refractivity contribution is 0.192. The van der Waals surface area contributed by atoms with Crippen LogP contribution in [-0.2, 0) is 6.54 Å². The number of nitrogens with one attached hydrogen (secondary N) is 1. The Bertz CT molecular complexity index is 371. The fraction of sp³-hybridized carbons (Fsp3) is 0.786. The van der Waals surface area contributed by atoms with Crippen LogP contribution in [0, 0.1) is 6.92 Å². The van der Waals surface area contributed by atoms with E-state index in [4.69, 9.17) is 0 Å². The lowest BCUT2D eigenvalue weighted by Gasteiger charge is -2.35. The highest BCUT2D eigenvalue weighted by Crippen LogP contribution is 2.22. The molecule has 0 aromatic carbocycles. The number of aryl methyl sites for hydroxylation is 1. The van der Waals surface area contributed by atoms with Crippen LogP contribution in [0.2, 0.25) is 0 Å². The zero-order valence-corrected chi connectivity index (χ0v) is 12.6. The smallest absolute Gasteiger partial charge is 0.0897 e. The molecule has 0 amide bonds. The molecule has 1 fully saturated rings. The lowest BCUT2D eigenvalue weighted by atomic mass is 9.92. The van der Waals surface area contributed by atoms with Crippen molar-refractivity contribution in [2.24, 2.45) is 0 Å². The second-order valence-electron chi connectivity index (χ2n) is 5.32. The molecule has 1 aromatic heterocycles. The van der Waals surface area contributed by atoms with E-state index in [0.717, 1.165) is 19.6 Å². The van der Waals surface area contributed by atoms with E-state index in [-0.39, 0.29) is 0 Å². The predicted octanol–water partition coefficient (Wildman–Crippen LogP) is 2.81. The van der Waals surface area contributed by atoms with Gasteiger partial charge in [-0.3, -0.25) is 4.90 Å². The minimum Gasteiger partial charge on any atom is -0.310 e. The average molecular weight is 267 g/mol. The minimum absolute atomic E-state index is 0.316. The van der Waals surface area contributed by atoms with Crippen molar-refractivity contribution in [3.05, 3.63) is 16.1 Å². The highest BCUT2D eigenvalue weighted by atomic mass is 32.1. The van der Waals surface area contributed by atoms with Gasteiger partial charge < -0.3 is 5.32 Å². The first kappa shape index (κ1) is 14.0. The minimum atomic E-state index is 0.316. The van der Waals surface area contributed by atoms with Crippen LogP contribution >= 0.6 is 11.3 Å². The van der Waals surface area contributed by atoms with E-state index in [2.05, 4.69) is 36.0 Å². The summed E-state index contributed by atoms with van der Waals surface area (Å²) in [4.78, 5) is 8.35. The predicted molar refractivity (Wildman–Crippen MR) is 78.1 cm³/mol. The van der Waals surface area contributed by atoms with Crippen molar-refractivity contribution >= 4 is 11.3 Å².